The van der Waals surface area contributed by atoms with Crippen LogP contribution in [0.1, 0.15) is 5.56 Å². The van der Waals surface area contributed by atoms with Crippen LogP contribution in [0.2, 0.25) is 0 Å². The van der Waals surface area contributed by atoms with Gasteiger partial charge in [-0.25, -0.2) is 10.6 Å². The Bertz CT molecular complexity index is 326. The number of hydrogen-bond donors (Lipinski definition) is 4. The molecule has 0 amide bonds. The molecule has 6 N–H and O–H groups in total. The zero-order valence-corrected chi connectivity index (χ0v) is 8.01. The summed E-state index contributed by atoms with van der Waals surface area (Å²) >= 11 is 0. The van der Waals surface area contributed by atoms with Crippen molar-refractivity contribution in [2.24, 2.45) is 11.6 Å². The molecular formula is C9H13N3O3. The quantitative estimate of drug-likeness (QED) is 0.382. The van der Waals surface area contributed by atoms with E-state index in [4.69, 9.17) is 16.7 Å². The first-order valence-corrected chi connectivity index (χ1v) is 4.33. The van der Waals surface area contributed by atoms with Crippen molar-refractivity contribution in [2.45, 2.75) is 12.5 Å². The van der Waals surface area contributed by atoms with E-state index in [1.807, 2.05) is 0 Å². The standard InChI is InChI=1S/C9H13N3O3/c10-8(9(14)15-12-11)5-6-1-3-7(13)4-2-6/h1-4,8,12-13H,5,10-11H2/t8-/m0/s1. The van der Waals surface area contributed by atoms with Gasteiger partial charge in [0.25, 0.3) is 0 Å². The number of carbonyl (C=O) groups is 1. The molecule has 0 saturated carbocycles. The summed E-state index contributed by atoms with van der Waals surface area (Å²) in [4.78, 5) is 15.4. The molecule has 0 aliphatic rings. The van der Waals surface area contributed by atoms with Crippen LogP contribution in [0.15, 0.2) is 24.3 Å². The predicted molar refractivity (Wildman–Crippen MR) is 53.2 cm³/mol. The van der Waals surface area contributed by atoms with Gasteiger partial charge >= 0.3 is 5.97 Å². The highest BCUT2D eigenvalue weighted by atomic mass is 16.7. The van der Waals surface area contributed by atoms with Gasteiger partial charge in [-0.05, 0) is 24.1 Å². The van der Waals surface area contributed by atoms with Crippen LogP contribution in [0.4, 0.5) is 0 Å². The number of carbonyl (C=O) groups excluding carboxylic acids is 1. The average molecular weight is 211 g/mol. The number of hydrazine groups is 1. The molecule has 0 aliphatic carbocycles. The van der Waals surface area contributed by atoms with Gasteiger partial charge in [-0.2, -0.15) is 0 Å². The van der Waals surface area contributed by atoms with E-state index >= 15 is 0 Å². The van der Waals surface area contributed by atoms with E-state index in [-0.39, 0.29) is 5.75 Å². The van der Waals surface area contributed by atoms with Crippen LogP contribution in [0, 0.1) is 0 Å². The average Bonchev–Trinajstić information content (AvgIpc) is 2.22. The minimum atomic E-state index is -0.786. The maximum atomic E-state index is 11.1. The summed E-state index contributed by atoms with van der Waals surface area (Å²) in [7, 11) is 0. The van der Waals surface area contributed by atoms with Crippen LogP contribution in [0.25, 0.3) is 0 Å². The number of nitrogens with one attached hydrogen (secondary N) is 1. The maximum absolute atomic E-state index is 11.1. The van der Waals surface area contributed by atoms with Crippen molar-refractivity contribution >= 4 is 5.97 Å². The smallest absolute Gasteiger partial charge is 0.343 e. The summed E-state index contributed by atoms with van der Waals surface area (Å²) in [6.45, 7) is 0. The fraction of sp³-hybridized carbons (Fsp3) is 0.222. The molecule has 6 heteroatoms. The number of nitrogens with two attached hydrogens (primary N) is 2. The van der Waals surface area contributed by atoms with Crippen LogP contribution in [0.3, 0.4) is 0 Å². The Labute approximate surface area is 86.7 Å². The molecular weight excluding hydrogens is 198 g/mol. The number of rotatable bonds is 4. The van der Waals surface area contributed by atoms with Crippen molar-refractivity contribution < 1.29 is 14.7 Å². The second kappa shape index (κ2) is 5.30. The molecule has 1 aromatic carbocycles. The number of benzene rings is 1. The van der Waals surface area contributed by atoms with E-state index in [1.165, 1.54) is 12.1 Å². The van der Waals surface area contributed by atoms with E-state index in [9.17, 15) is 4.79 Å². The minimum absolute atomic E-state index is 0.165. The summed E-state index contributed by atoms with van der Waals surface area (Å²) < 4.78 is 0. The van der Waals surface area contributed by atoms with Crippen molar-refractivity contribution in [3.63, 3.8) is 0 Å². The molecule has 0 aliphatic heterocycles. The van der Waals surface area contributed by atoms with Gasteiger partial charge in [0.2, 0.25) is 0 Å². The summed E-state index contributed by atoms with van der Waals surface area (Å²) in [5.74, 6) is 4.33. The molecule has 1 rings (SSSR count). The Morgan fingerprint density at radius 1 is 1.47 bits per heavy atom. The second-order valence-electron chi connectivity index (χ2n) is 3.02. The van der Waals surface area contributed by atoms with Crippen molar-refractivity contribution in [1.82, 2.24) is 5.59 Å². The Balaban J connectivity index is 2.54. The summed E-state index contributed by atoms with van der Waals surface area (Å²) in [5, 5.41) is 9.03. The lowest BCUT2D eigenvalue weighted by molar-refractivity contribution is -0.152. The SMILES string of the molecule is NNOC(=O)[C@@H](N)Cc1ccc(O)cc1. The highest BCUT2D eigenvalue weighted by molar-refractivity contribution is 5.75. The van der Waals surface area contributed by atoms with Gasteiger partial charge in [-0.1, -0.05) is 17.7 Å². The molecule has 0 saturated heterocycles. The molecule has 0 radical (unpaired) electrons. The molecule has 0 heterocycles. The number of hydrogen-bond acceptors (Lipinski definition) is 6. The molecule has 0 aromatic heterocycles. The summed E-state index contributed by atoms with van der Waals surface area (Å²) in [6.07, 6.45) is 0.320. The lowest BCUT2D eigenvalue weighted by atomic mass is 10.1. The Morgan fingerprint density at radius 3 is 2.60 bits per heavy atom. The molecule has 0 spiro atoms. The van der Waals surface area contributed by atoms with Crippen molar-refractivity contribution in [2.75, 3.05) is 0 Å². The lowest BCUT2D eigenvalue weighted by Gasteiger charge is -2.09. The van der Waals surface area contributed by atoms with Crippen molar-refractivity contribution in [3.8, 4) is 5.75 Å². The topological polar surface area (TPSA) is 111 Å². The number of phenols is 1. The fourth-order valence-electron chi connectivity index (χ4n) is 1.10. The summed E-state index contributed by atoms with van der Waals surface area (Å²) in [5.41, 5.74) is 8.14. The van der Waals surface area contributed by atoms with Gasteiger partial charge in [0.15, 0.2) is 0 Å². The van der Waals surface area contributed by atoms with Crippen molar-refractivity contribution in [1.29, 1.82) is 0 Å². The maximum Gasteiger partial charge on any atom is 0.343 e. The minimum Gasteiger partial charge on any atom is -0.508 e. The Morgan fingerprint density at radius 2 is 2.07 bits per heavy atom. The third kappa shape index (κ3) is 3.55. The van der Waals surface area contributed by atoms with Crippen LogP contribution < -0.4 is 17.2 Å². The highest BCUT2D eigenvalue weighted by Crippen LogP contribution is 2.10. The fourth-order valence-corrected chi connectivity index (χ4v) is 1.10. The molecule has 1 atom stereocenters. The molecule has 1 aromatic rings. The predicted octanol–water partition coefficient (Wildman–Crippen LogP) is -0.816. The highest BCUT2D eigenvalue weighted by Gasteiger charge is 2.15. The summed E-state index contributed by atoms with van der Waals surface area (Å²) in [6, 6.07) is 5.62. The first-order chi connectivity index (χ1) is 7.13. The molecule has 0 bridgehead atoms. The molecule has 0 fully saturated rings. The normalized spacial score (nSPS) is 12.1. The molecule has 15 heavy (non-hydrogen) atoms. The van der Waals surface area contributed by atoms with Gasteiger partial charge in [-0.3, -0.25) is 0 Å². The van der Waals surface area contributed by atoms with E-state index < -0.39 is 12.0 Å². The molecule has 82 valence electrons. The first-order valence-electron chi connectivity index (χ1n) is 4.33. The second-order valence-corrected chi connectivity index (χ2v) is 3.02. The largest absolute Gasteiger partial charge is 0.508 e. The third-order valence-electron chi connectivity index (χ3n) is 1.85. The van der Waals surface area contributed by atoms with Crippen molar-refractivity contribution in [3.05, 3.63) is 29.8 Å². The van der Waals surface area contributed by atoms with E-state index in [1.54, 1.807) is 17.7 Å². The first kappa shape index (κ1) is 11.4. The van der Waals surface area contributed by atoms with Gasteiger partial charge in [0.1, 0.15) is 11.8 Å². The Hall–Kier alpha value is -1.63. The van der Waals surface area contributed by atoms with Gasteiger partial charge in [-0.15, -0.1) is 0 Å². The zero-order valence-electron chi connectivity index (χ0n) is 8.01. The molecule has 6 nitrogen and oxygen atoms in total. The number of aromatic hydroxyl groups is 1. The van der Waals surface area contributed by atoms with Gasteiger partial charge < -0.3 is 15.7 Å². The zero-order chi connectivity index (χ0) is 11.3. The van der Waals surface area contributed by atoms with E-state index in [0.717, 1.165) is 5.56 Å². The van der Waals surface area contributed by atoms with Crippen LogP contribution in [-0.4, -0.2) is 17.1 Å². The molecule has 0 unspecified atom stereocenters. The number of phenolic OH excluding ortho intramolecular Hbond substituents is 1. The van der Waals surface area contributed by atoms with Crippen LogP contribution in [0.5, 0.6) is 5.75 Å². The van der Waals surface area contributed by atoms with E-state index in [0.29, 0.717) is 6.42 Å². The van der Waals surface area contributed by atoms with Gasteiger partial charge in [0, 0.05) is 0 Å². The van der Waals surface area contributed by atoms with Crippen LogP contribution in [-0.2, 0) is 16.1 Å². The van der Waals surface area contributed by atoms with Crippen LogP contribution >= 0.6 is 0 Å². The monoisotopic (exact) mass is 211 g/mol. The Kier molecular flexibility index (Phi) is 4.04. The lowest BCUT2D eigenvalue weighted by Crippen LogP contribution is -2.39. The van der Waals surface area contributed by atoms with E-state index in [2.05, 4.69) is 4.84 Å². The van der Waals surface area contributed by atoms with Gasteiger partial charge in [0.05, 0.1) is 0 Å². The third-order valence-corrected chi connectivity index (χ3v) is 1.85.